The van der Waals surface area contributed by atoms with Gasteiger partial charge in [0.2, 0.25) is 0 Å². The molecule has 0 radical (unpaired) electrons. The van der Waals surface area contributed by atoms with Crippen LogP contribution in [-0.2, 0) is 11.0 Å². The van der Waals surface area contributed by atoms with E-state index < -0.39 is 33.5 Å². The van der Waals surface area contributed by atoms with E-state index in [0.29, 0.717) is 14.1 Å². The Balaban J connectivity index is 1.83. The number of alkyl halides is 3. The molecule has 1 aliphatic carbocycles. The first kappa shape index (κ1) is 19.1. The van der Waals surface area contributed by atoms with Gasteiger partial charge in [-0.3, -0.25) is 0 Å². The first-order chi connectivity index (χ1) is 12.2. The molecule has 1 unspecified atom stereocenters. The number of carbonyl (C=O) groups is 2. The molecule has 8 heteroatoms. The average Bonchev–Trinajstić information content (AvgIpc) is 3.40. The summed E-state index contributed by atoms with van der Waals surface area (Å²) in [5.74, 6) is -1.03. The first-order valence-electron chi connectivity index (χ1n) is 7.77. The van der Waals surface area contributed by atoms with E-state index in [2.05, 4.69) is 0 Å². The van der Waals surface area contributed by atoms with Gasteiger partial charge in [0, 0.05) is 0 Å². The Morgan fingerprint density at radius 3 is 2.38 bits per heavy atom. The van der Waals surface area contributed by atoms with Crippen LogP contribution in [0.2, 0.25) is 0 Å². The molecule has 0 heterocycles. The molecule has 26 heavy (non-hydrogen) atoms. The van der Waals surface area contributed by atoms with Crippen LogP contribution in [0.15, 0.2) is 52.3 Å². The van der Waals surface area contributed by atoms with Crippen molar-refractivity contribution in [3.63, 3.8) is 0 Å². The van der Waals surface area contributed by atoms with Gasteiger partial charge in [0.25, 0.3) is 0 Å². The Morgan fingerprint density at radius 2 is 1.77 bits per heavy atom. The zero-order valence-electron chi connectivity index (χ0n) is 13.3. The fraction of sp³-hybridized carbons (Fsp3) is 0.222. The van der Waals surface area contributed by atoms with Crippen LogP contribution < -0.4 is 4.35 Å². The summed E-state index contributed by atoms with van der Waals surface area (Å²) in [5, 5.41) is 9.42. The van der Waals surface area contributed by atoms with E-state index >= 15 is 0 Å². The number of hydrogen-bond acceptors (Lipinski definition) is 3. The van der Waals surface area contributed by atoms with Crippen molar-refractivity contribution in [3.05, 3.63) is 53.6 Å². The standard InChI is InChI=1S/C18H14AsF3O3S/c20-18(21,22)11-2-1-3-12(8-11)26-13-6-7-15(14(9-13)17(24)25)19-16(23)10-4-5-10/h1-3,6-10,19H,4-5H2,(H,24,25). The molecule has 1 saturated carbocycles. The molecule has 0 aromatic heterocycles. The van der Waals surface area contributed by atoms with Crippen molar-refractivity contribution in [1.29, 1.82) is 0 Å². The Morgan fingerprint density at radius 1 is 1.08 bits per heavy atom. The third kappa shape index (κ3) is 4.71. The van der Waals surface area contributed by atoms with Crippen LogP contribution in [0.1, 0.15) is 28.8 Å². The summed E-state index contributed by atoms with van der Waals surface area (Å²) < 4.78 is 39.1. The van der Waals surface area contributed by atoms with Gasteiger partial charge in [-0.05, 0) is 0 Å². The Hall–Kier alpha value is -1.72. The summed E-state index contributed by atoms with van der Waals surface area (Å²) in [6, 6.07) is 9.60. The van der Waals surface area contributed by atoms with Crippen LogP contribution in [0.3, 0.4) is 0 Å². The minimum atomic E-state index is -4.43. The minimum absolute atomic E-state index is 0.0657. The van der Waals surface area contributed by atoms with Crippen molar-refractivity contribution in [2.75, 3.05) is 0 Å². The molecule has 0 amide bonds. The zero-order valence-corrected chi connectivity index (χ0v) is 16.3. The summed E-state index contributed by atoms with van der Waals surface area (Å²) in [4.78, 5) is 24.4. The van der Waals surface area contributed by atoms with Crippen molar-refractivity contribution in [3.8, 4) is 0 Å². The SMILES string of the molecule is O=C(O)c1cc(Sc2cccc(C(F)(F)F)c2)ccc1[AsH]C(=O)C1CC1. The van der Waals surface area contributed by atoms with Gasteiger partial charge in [0.1, 0.15) is 0 Å². The maximum atomic E-state index is 12.8. The number of benzene rings is 2. The van der Waals surface area contributed by atoms with Gasteiger partial charge in [-0.25, -0.2) is 0 Å². The summed E-state index contributed by atoms with van der Waals surface area (Å²) in [5.41, 5.74) is -0.685. The Kier molecular flexibility index (Phi) is 5.49. The molecule has 1 aliphatic rings. The third-order valence-corrected chi connectivity index (χ3v) is 7.66. The second-order valence-corrected chi connectivity index (χ2v) is 9.74. The summed E-state index contributed by atoms with van der Waals surface area (Å²) >= 11 is -0.131. The van der Waals surface area contributed by atoms with Crippen molar-refractivity contribution in [1.82, 2.24) is 0 Å². The molecule has 1 fully saturated rings. The van der Waals surface area contributed by atoms with Crippen molar-refractivity contribution >= 4 is 42.4 Å². The molecular formula is C18H14AsF3O3S. The second-order valence-electron chi connectivity index (χ2n) is 5.90. The second kappa shape index (κ2) is 7.49. The topological polar surface area (TPSA) is 54.4 Å². The van der Waals surface area contributed by atoms with Crippen molar-refractivity contribution < 1.29 is 27.9 Å². The van der Waals surface area contributed by atoms with Crippen LogP contribution in [0.5, 0.6) is 0 Å². The number of halogens is 3. The number of aromatic carboxylic acids is 1. The number of hydrogen-bond donors (Lipinski definition) is 1. The van der Waals surface area contributed by atoms with E-state index in [1.165, 1.54) is 12.1 Å². The molecule has 3 nitrogen and oxygen atoms in total. The number of carboxylic acids is 1. The van der Waals surface area contributed by atoms with E-state index in [1.54, 1.807) is 18.2 Å². The summed E-state index contributed by atoms with van der Waals surface area (Å²) in [6.45, 7) is 0. The van der Waals surface area contributed by atoms with Gasteiger partial charge in [0.05, 0.1) is 0 Å². The van der Waals surface area contributed by atoms with E-state index in [1.807, 2.05) is 0 Å². The predicted molar refractivity (Wildman–Crippen MR) is 93.5 cm³/mol. The van der Waals surface area contributed by atoms with Gasteiger partial charge in [-0.15, -0.1) is 0 Å². The number of rotatable bonds is 6. The molecule has 0 aliphatic heterocycles. The monoisotopic (exact) mass is 442 g/mol. The van der Waals surface area contributed by atoms with E-state index in [4.69, 9.17) is 0 Å². The molecule has 3 rings (SSSR count). The average molecular weight is 442 g/mol. The third-order valence-electron chi connectivity index (χ3n) is 3.82. The van der Waals surface area contributed by atoms with Gasteiger partial charge >= 0.3 is 159 Å². The van der Waals surface area contributed by atoms with Gasteiger partial charge in [0.15, 0.2) is 0 Å². The summed E-state index contributed by atoms with van der Waals surface area (Å²) in [7, 11) is 0. The predicted octanol–water partition coefficient (Wildman–Crippen LogP) is 3.55. The molecule has 1 atom stereocenters. The quantitative estimate of drug-likeness (QED) is 0.696. The molecule has 2 aromatic rings. The van der Waals surface area contributed by atoms with Gasteiger partial charge in [-0.2, -0.15) is 0 Å². The zero-order chi connectivity index (χ0) is 18.9. The maximum absolute atomic E-state index is 12.8. The van der Waals surface area contributed by atoms with Crippen LogP contribution >= 0.6 is 11.8 Å². The van der Waals surface area contributed by atoms with Crippen LogP contribution in [-0.4, -0.2) is 31.4 Å². The van der Waals surface area contributed by atoms with Crippen molar-refractivity contribution in [2.24, 2.45) is 5.92 Å². The van der Waals surface area contributed by atoms with E-state index in [-0.39, 0.29) is 16.1 Å². The molecule has 0 spiro atoms. The normalized spacial score (nSPS) is 14.7. The van der Waals surface area contributed by atoms with E-state index in [9.17, 15) is 27.9 Å². The number of carbonyl (C=O) groups excluding carboxylic acids is 1. The first-order valence-corrected chi connectivity index (χ1v) is 10.7. The molecular weight excluding hydrogens is 428 g/mol. The van der Waals surface area contributed by atoms with Crippen LogP contribution in [0.4, 0.5) is 13.2 Å². The van der Waals surface area contributed by atoms with E-state index in [0.717, 1.165) is 36.7 Å². The van der Waals surface area contributed by atoms with Gasteiger partial charge in [-0.1, -0.05) is 0 Å². The molecule has 0 bridgehead atoms. The molecule has 0 saturated heterocycles. The number of carboxylic acid groups (broad SMARTS) is 1. The molecule has 136 valence electrons. The van der Waals surface area contributed by atoms with Gasteiger partial charge < -0.3 is 0 Å². The molecule has 1 N–H and O–H groups in total. The summed E-state index contributed by atoms with van der Waals surface area (Å²) in [6.07, 6.45) is -2.66. The fourth-order valence-corrected chi connectivity index (χ4v) is 5.84. The van der Waals surface area contributed by atoms with Crippen molar-refractivity contribution in [2.45, 2.75) is 28.8 Å². The Bertz CT molecular complexity index is 863. The Labute approximate surface area is 158 Å². The van der Waals surface area contributed by atoms with Crippen LogP contribution in [0, 0.1) is 5.92 Å². The van der Waals surface area contributed by atoms with Crippen LogP contribution in [0.25, 0.3) is 0 Å². The molecule has 2 aromatic carbocycles. The fourth-order valence-electron chi connectivity index (χ4n) is 2.33.